The van der Waals surface area contributed by atoms with E-state index in [1.807, 2.05) is 0 Å². The SMILES string of the molecule is O=[N+]([O-])c1ccc(CS(=O)(=O)c2ccccc2)nc1. The summed E-state index contributed by atoms with van der Waals surface area (Å²) in [6.07, 6.45) is 1.05. The third-order valence-corrected chi connectivity index (χ3v) is 4.13. The van der Waals surface area contributed by atoms with E-state index in [-0.39, 0.29) is 22.0 Å². The summed E-state index contributed by atoms with van der Waals surface area (Å²) in [4.78, 5) is 13.9. The number of nitro groups is 1. The zero-order valence-electron chi connectivity index (χ0n) is 9.76. The maximum absolute atomic E-state index is 12.0. The van der Waals surface area contributed by atoms with Crippen LogP contribution in [0.2, 0.25) is 0 Å². The molecule has 6 nitrogen and oxygen atoms in total. The number of rotatable bonds is 4. The number of nitrogens with zero attached hydrogens (tertiary/aromatic N) is 2. The van der Waals surface area contributed by atoms with Gasteiger partial charge in [-0.05, 0) is 18.2 Å². The van der Waals surface area contributed by atoms with Crippen LogP contribution in [0.3, 0.4) is 0 Å². The molecule has 0 spiro atoms. The van der Waals surface area contributed by atoms with Crippen LogP contribution >= 0.6 is 0 Å². The molecule has 19 heavy (non-hydrogen) atoms. The van der Waals surface area contributed by atoms with Crippen LogP contribution in [0.4, 0.5) is 5.69 Å². The first-order chi connectivity index (χ1) is 8.99. The van der Waals surface area contributed by atoms with Crippen LogP contribution in [0.1, 0.15) is 5.69 Å². The molecule has 0 saturated heterocycles. The van der Waals surface area contributed by atoms with Crippen molar-refractivity contribution >= 4 is 15.5 Å². The Hall–Kier alpha value is -2.28. The molecule has 1 heterocycles. The van der Waals surface area contributed by atoms with Gasteiger partial charge in [-0.3, -0.25) is 15.1 Å². The molecule has 0 aliphatic rings. The molecule has 0 bridgehead atoms. The van der Waals surface area contributed by atoms with Gasteiger partial charge in [-0.25, -0.2) is 8.42 Å². The molecule has 98 valence electrons. The van der Waals surface area contributed by atoms with Crippen molar-refractivity contribution in [3.05, 3.63) is 64.5 Å². The molecule has 1 aromatic carbocycles. The summed E-state index contributed by atoms with van der Waals surface area (Å²) < 4.78 is 24.1. The van der Waals surface area contributed by atoms with Crippen molar-refractivity contribution in [3.8, 4) is 0 Å². The van der Waals surface area contributed by atoms with Crippen LogP contribution in [-0.4, -0.2) is 18.3 Å². The molecule has 2 rings (SSSR count). The fourth-order valence-electron chi connectivity index (χ4n) is 1.52. The largest absolute Gasteiger partial charge is 0.287 e. The molecule has 0 unspecified atom stereocenters. The van der Waals surface area contributed by atoms with Crippen molar-refractivity contribution in [2.75, 3.05) is 0 Å². The second-order valence-electron chi connectivity index (χ2n) is 3.84. The highest BCUT2D eigenvalue weighted by molar-refractivity contribution is 7.90. The van der Waals surface area contributed by atoms with Crippen LogP contribution in [0.15, 0.2) is 53.6 Å². The Balaban J connectivity index is 2.24. The van der Waals surface area contributed by atoms with E-state index < -0.39 is 14.8 Å². The van der Waals surface area contributed by atoms with E-state index in [1.165, 1.54) is 24.3 Å². The van der Waals surface area contributed by atoms with Crippen LogP contribution < -0.4 is 0 Å². The summed E-state index contributed by atoms with van der Waals surface area (Å²) in [6, 6.07) is 10.6. The van der Waals surface area contributed by atoms with Gasteiger partial charge in [-0.1, -0.05) is 18.2 Å². The minimum Gasteiger partial charge on any atom is -0.258 e. The van der Waals surface area contributed by atoms with Crippen LogP contribution in [0.5, 0.6) is 0 Å². The number of sulfone groups is 1. The molecular weight excluding hydrogens is 268 g/mol. The van der Waals surface area contributed by atoms with Gasteiger partial charge < -0.3 is 0 Å². The monoisotopic (exact) mass is 278 g/mol. The van der Waals surface area contributed by atoms with Crippen LogP contribution in [0.25, 0.3) is 0 Å². The maximum Gasteiger partial charge on any atom is 0.287 e. The van der Waals surface area contributed by atoms with Gasteiger partial charge in [0.25, 0.3) is 5.69 Å². The van der Waals surface area contributed by atoms with E-state index in [0.29, 0.717) is 0 Å². The van der Waals surface area contributed by atoms with Crippen molar-refractivity contribution in [1.82, 2.24) is 4.98 Å². The first-order valence-electron chi connectivity index (χ1n) is 5.36. The molecule has 0 saturated carbocycles. The summed E-state index contributed by atoms with van der Waals surface area (Å²) in [6.45, 7) is 0. The molecule has 0 aliphatic heterocycles. The lowest BCUT2D eigenvalue weighted by Crippen LogP contribution is -2.06. The minimum atomic E-state index is -3.48. The number of hydrogen-bond donors (Lipinski definition) is 0. The minimum absolute atomic E-state index is 0.166. The van der Waals surface area contributed by atoms with E-state index in [0.717, 1.165) is 6.20 Å². The average Bonchev–Trinajstić information content (AvgIpc) is 2.40. The second-order valence-corrected chi connectivity index (χ2v) is 5.83. The third-order valence-electron chi connectivity index (χ3n) is 2.46. The highest BCUT2D eigenvalue weighted by atomic mass is 32.2. The first kappa shape index (κ1) is 13.2. The Morgan fingerprint density at radius 3 is 2.32 bits per heavy atom. The number of pyridine rings is 1. The molecule has 1 aromatic heterocycles. The number of benzene rings is 1. The maximum atomic E-state index is 12.0. The summed E-state index contributed by atoms with van der Waals surface area (Å²) >= 11 is 0. The first-order valence-corrected chi connectivity index (χ1v) is 7.01. The van der Waals surface area contributed by atoms with Gasteiger partial charge in [-0.15, -0.1) is 0 Å². The molecule has 0 atom stereocenters. The van der Waals surface area contributed by atoms with E-state index >= 15 is 0 Å². The predicted molar refractivity (Wildman–Crippen MR) is 68.2 cm³/mol. The fourth-order valence-corrected chi connectivity index (χ4v) is 2.81. The summed E-state index contributed by atoms with van der Waals surface area (Å²) in [5, 5.41) is 10.5. The molecule has 0 aliphatic carbocycles. The van der Waals surface area contributed by atoms with E-state index in [9.17, 15) is 18.5 Å². The van der Waals surface area contributed by atoms with Crippen molar-refractivity contribution in [3.63, 3.8) is 0 Å². The lowest BCUT2D eigenvalue weighted by molar-refractivity contribution is -0.385. The number of aromatic nitrogens is 1. The second kappa shape index (κ2) is 5.15. The standard InChI is InChI=1S/C12H10N2O4S/c15-14(16)11-7-6-10(13-8-11)9-19(17,18)12-4-2-1-3-5-12/h1-8H,9H2. The molecule has 7 heteroatoms. The van der Waals surface area contributed by atoms with Crippen LogP contribution in [-0.2, 0) is 15.6 Å². The average molecular weight is 278 g/mol. The highest BCUT2D eigenvalue weighted by Crippen LogP contribution is 2.16. The van der Waals surface area contributed by atoms with Gasteiger partial charge in [0.15, 0.2) is 9.84 Å². The Bertz CT molecular complexity index is 681. The highest BCUT2D eigenvalue weighted by Gasteiger charge is 2.16. The van der Waals surface area contributed by atoms with E-state index in [1.54, 1.807) is 18.2 Å². The Morgan fingerprint density at radius 2 is 1.79 bits per heavy atom. The molecule has 0 amide bonds. The van der Waals surface area contributed by atoms with Crippen molar-refractivity contribution < 1.29 is 13.3 Å². The molecular formula is C12H10N2O4S. The molecule has 2 aromatic rings. The lowest BCUT2D eigenvalue weighted by Gasteiger charge is -2.03. The van der Waals surface area contributed by atoms with Crippen molar-refractivity contribution in [2.24, 2.45) is 0 Å². The smallest absolute Gasteiger partial charge is 0.258 e. The van der Waals surface area contributed by atoms with Gasteiger partial charge in [0.1, 0.15) is 6.20 Å². The summed E-state index contributed by atoms with van der Waals surface area (Å²) in [5.41, 5.74) is 0.107. The molecule has 0 radical (unpaired) electrons. The normalized spacial score (nSPS) is 11.2. The topological polar surface area (TPSA) is 90.2 Å². The summed E-state index contributed by atoms with van der Waals surface area (Å²) in [5.74, 6) is -0.283. The van der Waals surface area contributed by atoms with Gasteiger partial charge >= 0.3 is 0 Å². The molecule has 0 N–H and O–H groups in total. The van der Waals surface area contributed by atoms with Crippen LogP contribution in [0, 0.1) is 10.1 Å². The van der Waals surface area contributed by atoms with Gasteiger partial charge in [0, 0.05) is 6.07 Å². The quantitative estimate of drug-likeness (QED) is 0.630. The van der Waals surface area contributed by atoms with Gasteiger partial charge in [0.05, 0.1) is 21.3 Å². The van der Waals surface area contributed by atoms with Gasteiger partial charge in [-0.2, -0.15) is 0 Å². The third kappa shape index (κ3) is 3.14. The zero-order chi connectivity index (χ0) is 13.9. The Morgan fingerprint density at radius 1 is 1.11 bits per heavy atom. The van der Waals surface area contributed by atoms with Crippen molar-refractivity contribution in [1.29, 1.82) is 0 Å². The van der Waals surface area contributed by atoms with Gasteiger partial charge in [0.2, 0.25) is 0 Å². The van der Waals surface area contributed by atoms with E-state index in [4.69, 9.17) is 0 Å². The van der Waals surface area contributed by atoms with E-state index in [2.05, 4.69) is 4.98 Å². The number of hydrogen-bond acceptors (Lipinski definition) is 5. The lowest BCUT2D eigenvalue weighted by atomic mass is 10.3. The zero-order valence-corrected chi connectivity index (χ0v) is 10.6. The fraction of sp³-hybridized carbons (Fsp3) is 0.0833. The van der Waals surface area contributed by atoms with Crippen molar-refractivity contribution in [2.45, 2.75) is 10.6 Å². The molecule has 0 fully saturated rings. The predicted octanol–water partition coefficient (Wildman–Crippen LogP) is 1.96. The summed E-state index contributed by atoms with van der Waals surface area (Å²) in [7, 11) is -3.48. The Labute approximate surface area is 109 Å². The Kier molecular flexibility index (Phi) is 3.57.